The van der Waals surface area contributed by atoms with Crippen LogP contribution in [-0.4, -0.2) is 57.9 Å². The highest BCUT2D eigenvalue weighted by atomic mass is 79.9. The monoisotopic (exact) mass is 552 g/mol. The molecule has 0 bridgehead atoms. The molecule has 0 aliphatic carbocycles. The fourth-order valence-electron chi connectivity index (χ4n) is 3.74. The molecule has 3 rings (SSSR count). The number of esters is 2. The quantitative estimate of drug-likeness (QED) is 0.523. The Balaban J connectivity index is 1.67. The number of nitrogens with one attached hydrogen (secondary N) is 1. The molecule has 0 radical (unpaired) electrons. The van der Waals surface area contributed by atoms with Gasteiger partial charge >= 0.3 is 11.9 Å². The topological polar surface area (TPSA) is 119 Å². The third-order valence-electron chi connectivity index (χ3n) is 5.56. The van der Waals surface area contributed by atoms with Crippen LogP contribution in [0.3, 0.4) is 0 Å². The number of carbonyl (C=O) groups is 3. The van der Waals surface area contributed by atoms with Crippen molar-refractivity contribution in [1.82, 2.24) is 4.31 Å². The highest BCUT2D eigenvalue weighted by Gasteiger charge is 2.32. The number of anilines is 1. The first-order chi connectivity index (χ1) is 16.1. The SMILES string of the molecule is COC(=O)c1ccc(C(=O)OC)c(NC(=O)C2CCN(S(=O)(=O)Cc3cccc(Br)c3)CC2)c1. The Bertz CT molecular complexity index is 1190. The zero-order valence-corrected chi connectivity index (χ0v) is 21.1. The first-order valence-electron chi connectivity index (χ1n) is 10.5. The van der Waals surface area contributed by atoms with Crippen molar-refractivity contribution in [1.29, 1.82) is 0 Å². The molecule has 1 fully saturated rings. The number of piperidine rings is 1. The third kappa shape index (κ3) is 6.22. The van der Waals surface area contributed by atoms with Crippen LogP contribution in [0.25, 0.3) is 0 Å². The molecule has 1 amide bonds. The summed E-state index contributed by atoms with van der Waals surface area (Å²) in [5.41, 5.74) is 1.07. The molecule has 2 aromatic rings. The van der Waals surface area contributed by atoms with E-state index in [0.717, 1.165) is 4.47 Å². The number of amides is 1. The van der Waals surface area contributed by atoms with Crippen molar-refractivity contribution in [2.24, 2.45) is 5.92 Å². The molecular formula is C23H25BrN2O7S. The van der Waals surface area contributed by atoms with E-state index in [9.17, 15) is 22.8 Å². The van der Waals surface area contributed by atoms with Crippen LogP contribution in [0.4, 0.5) is 5.69 Å². The lowest BCUT2D eigenvalue weighted by atomic mass is 9.97. The molecule has 11 heteroatoms. The van der Waals surface area contributed by atoms with Crippen LogP contribution >= 0.6 is 15.9 Å². The average Bonchev–Trinajstić information content (AvgIpc) is 2.82. The standard InChI is InChI=1S/C23H25BrN2O7S/c1-32-22(28)17-6-7-19(23(29)33-2)20(13-17)25-21(27)16-8-10-26(11-9-16)34(30,31)14-15-4-3-5-18(24)12-15/h3-7,12-13,16H,8-11,14H2,1-2H3,(H,25,27). The second-order valence-electron chi connectivity index (χ2n) is 7.79. The van der Waals surface area contributed by atoms with Crippen LogP contribution in [0, 0.1) is 5.92 Å². The molecule has 0 unspecified atom stereocenters. The molecule has 0 saturated carbocycles. The van der Waals surface area contributed by atoms with Crippen LogP contribution in [0.1, 0.15) is 39.1 Å². The summed E-state index contributed by atoms with van der Waals surface area (Å²) in [5, 5.41) is 2.69. The number of rotatable bonds is 7. The molecule has 34 heavy (non-hydrogen) atoms. The number of methoxy groups -OCH3 is 2. The van der Waals surface area contributed by atoms with Crippen LogP contribution in [-0.2, 0) is 30.0 Å². The number of carbonyl (C=O) groups excluding carboxylic acids is 3. The van der Waals surface area contributed by atoms with Gasteiger partial charge in [-0.25, -0.2) is 22.3 Å². The minimum atomic E-state index is -3.53. The lowest BCUT2D eigenvalue weighted by Gasteiger charge is -2.30. The Morgan fingerprint density at radius 3 is 2.32 bits per heavy atom. The smallest absolute Gasteiger partial charge is 0.339 e. The van der Waals surface area contributed by atoms with Crippen LogP contribution in [0.15, 0.2) is 46.9 Å². The Morgan fingerprint density at radius 1 is 1.03 bits per heavy atom. The first-order valence-corrected chi connectivity index (χ1v) is 12.9. The second-order valence-corrected chi connectivity index (χ2v) is 10.7. The zero-order chi connectivity index (χ0) is 24.9. The predicted octanol–water partition coefficient (Wildman–Crippen LogP) is 3.20. The van der Waals surface area contributed by atoms with Crippen molar-refractivity contribution in [3.8, 4) is 0 Å². The van der Waals surface area contributed by atoms with Gasteiger partial charge < -0.3 is 14.8 Å². The molecule has 0 aromatic heterocycles. The summed E-state index contributed by atoms with van der Waals surface area (Å²) in [7, 11) is -1.09. The molecule has 1 N–H and O–H groups in total. The molecule has 0 atom stereocenters. The van der Waals surface area contributed by atoms with Crippen molar-refractivity contribution < 1.29 is 32.3 Å². The van der Waals surface area contributed by atoms with E-state index in [-0.39, 0.29) is 41.6 Å². The van der Waals surface area contributed by atoms with E-state index >= 15 is 0 Å². The molecule has 182 valence electrons. The number of hydrogen-bond acceptors (Lipinski definition) is 7. The van der Waals surface area contributed by atoms with Crippen molar-refractivity contribution >= 4 is 49.5 Å². The first kappa shape index (κ1) is 25.9. The van der Waals surface area contributed by atoms with Crippen molar-refractivity contribution in [2.75, 3.05) is 32.6 Å². The minimum Gasteiger partial charge on any atom is -0.465 e. The van der Waals surface area contributed by atoms with Gasteiger partial charge in [0, 0.05) is 23.5 Å². The number of ether oxygens (including phenoxy) is 2. The van der Waals surface area contributed by atoms with Crippen LogP contribution in [0.5, 0.6) is 0 Å². The molecule has 0 spiro atoms. The fourth-order valence-corrected chi connectivity index (χ4v) is 5.74. The number of halogens is 1. The average molecular weight is 553 g/mol. The molecular weight excluding hydrogens is 528 g/mol. The van der Waals surface area contributed by atoms with E-state index in [1.54, 1.807) is 18.2 Å². The summed E-state index contributed by atoms with van der Waals surface area (Å²) < 4.78 is 37.3. The lowest BCUT2D eigenvalue weighted by Crippen LogP contribution is -2.42. The predicted molar refractivity (Wildman–Crippen MR) is 129 cm³/mol. The van der Waals surface area contributed by atoms with Crippen molar-refractivity contribution in [2.45, 2.75) is 18.6 Å². The van der Waals surface area contributed by atoms with Gasteiger partial charge in [-0.2, -0.15) is 0 Å². The van der Waals surface area contributed by atoms with Gasteiger partial charge in [-0.3, -0.25) is 4.79 Å². The highest BCUT2D eigenvalue weighted by Crippen LogP contribution is 2.26. The van der Waals surface area contributed by atoms with Gasteiger partial charge in [0.1, 0.15) is 0 Å². The van der Waals surface area contributed by atoms with Gasteiger partial charge in [0.15, 0.2) is 0 Å². The van der Waals surface area contributed by atoms with Crippen molar-refractivity contribution in [3.05, 3.63) is 63.6 Å². The van der Waals surface area contributed by atoms with Gasteiger partial charge in [-0.15, -0.1) is 0 Å². The zero-order valence-electron chi connectivity index (χ0n) is 18.7. The Labute approximate surface area is 206 Å². The lowest BCUT2D eigenvalue weighted by molar-refractivity contribution is -0.120. The summed E-state index contributed by atoms with van der Waals surface area (Å²) in [6, 6.07) is 11.3. The number of hydrogen-bond donors (Lipinski definition) is 1. The minimum absolute atomic E-state index is 0.0949. The Kier molecular flexibility index (Phi) is 8.45. The van der Waals surface area contributed by atoms with Gasteiger partial charge in [-0.1, -0.05) is 28.1 Å². The summed E-state index contributed by atoms with van der Waals surface area (Å²) in [6.45, 7) is 0.418. The maximum atomic E-state index is 12.9. The number of benzene rings is 2. The maximum Gasteiger partial charge on any atom is 0.339 e. The highest BCUT2D eigenvalue weighted by molar-refractivity contribution is 9.10. The normalized spacial score (nSPS) is 14.9. The molecule has 1 heterocycles. The van der Waals surface area contributed by atoms with E-state index in [1.165, 1.54) is 36.7 Å². The maximum absolute atomic E-state index is 12.9. The molecule has 1 aliphatic heterocycles. The molecule has 9 nitrogen and oxygen atoms in total. The Hall–Kier alpha value is -2.76. The Morgan fingerprint density at radius 2 is 1.71 bits per heavy atom. The third-order valence-corrected chi connectivity index (χ3v) is 7.90. The van der Waals surface area contributed by atoms with E-state index in [2.05, 4.69) is 21.2 Å². The van der Waals surface area contributed by atoms with Gasteiger partial charge in [0.05, 0.1) is 36.8 Å². The van der Waals surface area contributed by atoms with E-state index in [4.69, 9.17) is 9.47 Å². The fraction of sp³-hybridized carbons (Fsp3) is 0.348. The van der Waals surface area contributed by atoms with E-state index in [0.29, 0.717) is 18.4 Å². The number of sulfonamides is 1. The number of nitrogens with zero attached hydrogens (tertiary/aromatic N) is 1. The molecule has 2 aromatic carbocycles. The summed E-state index contributed by atoms with van der Waals surface area (Å²) in [6.07, 6.45) is 0.654. The van der Waals surface area contributed by atoms with Crippen LogP contribution in [0.2, 0.25) is 0 Å². The summed E-state index contributed by atoms with van der Waals surface area (Å²) >= 11 is 3.34. The van der Waals surface area contributed by atoms with Gasteiger partial charge in [0.2, 0.25) is 15.9 Å². The van der Waals surface area contributed by atoms with E-state index in [1.807, 2.05) is 6.07 Å². The van der Waals surface area contributed by atoms with Crippen LogP contribution < -0.4 is 5.32 Å². The van der Waals surface area contributed by atoms with Gasteiger partial charge in [0.25, 0.3) is 0 Å². The van der Waals surface area contributed by atoms with E-state index < -0.39 is 27.9 Å². The summed E-state index contributed by atoms with van der Waals surface area (Å²) in [5.74, 6) is -2.22. The second kappa shape index (κ2) is 11.1. The van der Waals surface area contributed by atoms with Gasteiger partial charge in [-0.05, 0) is 48.7 Å². The molecule has 1 aliphatic rings. The molecule has 1 saturated heterocycles. The summed E-state index contributed by atoms with van der Waals surface area (Å²) in [4.78, 5) is 36.9. The largest absolute Gasteiger partial charge is 0.465 e. The van der Waals surface area contributed by atoms with Crippen molar-refractivity contribution in [3.63, 3.8) is 0 Å².